The van der Waals surface area contributed by atoms with Crippen LogP contribution in [0.2, 0.25) is 0 Å². The molecule has 0 spiro atoms. The van der Waals surface area contributed by atoms with E-state index in [0.717, 1.165) is 128 Å². The largest absolute Gasteiger partial charge is 0.756 e. The van der Waals surface area contributed by atoms with Crippen LogP contribution in [0.3, 0.4) is 0 Å². The maximum Gasteiger partial charge on any atom is 0.306 e. The highest BCUT2D eigenvalue weighted by Gasteiger charge is 2.27. The van der Waals surface area contributed by atoms with Crippen molar-refractivity contribution < 1.29 is 37.3 Å². The van der Waals surface area contributed by atoms with Crippen LogP contribution in [0.5, 0.6) is 0 Å². The third kappa shape index (κ3) is 62.8. The summed E-state index contributed by atoms with van der Waals surface area (Å²) in [4.78, 5) is 40.2. The number of likely N-dealkylation sites (N-methyl/N-ethyl adjacent to an activating group) is 1. The van der Waals surface area contributed by atoms with Gasteiger partial charge in [-0.15, -0.1) is 0 Å². The van der Waals surface area contributed by atoms with Gasteiger partial charge < -0.3 is 28.5 Å². The number of quaternary nitrogens is 1. The van der Waals surface area contributed by atoms with Crippen molar-refractivity contribution >= 4 is 19.7 Å². The Morgan fingerprint density at radius 2 is 0.771 bits per heavy atom. The van der Waals surface area contributed by atoms with Gasteiger partial charge in [0.1, 0.15) is 19.3 Å². The predicted octanol–water partition coefficient (Wildman–Crippen LogP) is 20.8. The molecule has 0 saturated heterocycles. The SMILES string of the molecule is CC/C=C\C/C=C\C/C=C\C/C=C\C/C=C\C/C=C\CCCCCCC(=O)OC(/C=C/CCCCCCCCCCCCC)C(COP(=O)([O-])OCC[N+](C)(C)C)NC(=O)CCCCCCCCCC/C=C\C/C=C\C/C=C\CCCCC. The Kier molecular flexibility index (Phi) is 58.8. The number of hydrogen-bond donors (Lipinski definition) is 1. The first-order chi connectivity index (χ1) is 40.4. The van der Waals surface area contributed by atoms with Crippen LogP contribution in [0.15, 0.2) is 122 Å². The molecule has 9 nitrogen and oxygen atoms in total. The molecule has 0 aromatic rings. The van der Waals surface area contributed by atoms with Crippen molar-refractivity contribution in [1.29, 1.82) is 0 Å². The summed E-state index contributed by atoms with van der Waals surface area (Å²) in [6, 6.07) is -0.913. The maximum absolute atomic E-state index is 13.6. The van der Waals surface area contributed by atoms with E-state index in [1.807, 2.05) is 33.3 Å². The average Bonchev–Trinajstić information content (AvgIpc) is 3.47. The summed E-state index contributed by atoms with van der Waals surface area (Å²) in [5.41, 5.74) is 0. The summed E-state index contributed by atoms with van der Waals surface area (Å²) in [7, 11) is 1.15. The number of nitrogens with zero attached hydrogens (tertiary/aromatic N) is 1. The van der Waals surface area contributed by atoms with E-state index in [0.29, 0.717) is 23.9 Å². The van der Waals surface area contributed by atoms with Crippen LogP contribution >= 0.6 is 7.82 Å². The second kappa shape index (κ2) is 61.5. The van der Waals surface area contributed by atoms with Gasteiger partial charge in [-0.2, -0.15) is 0 Å². The second-order valence-electron chi connectivity index (χ2n) is 23.6. The molecule has 0 aromatic heterocycles. The number of ether oxygens (including phenoxy) is 1. The number of allylic oxidation sites excluding steroid dienone is 19. The lowest BCUT2D eigenvalue weighted by Crippen LogP contribution is -2.47. The minimum Gasteiger partial charge on any atom is -0.756 e. The minimum atomic E-state index is -4.72. The van der Waals surface area contributed by atoms with Gasteiger partial charge in [-0.1, -0.05) is 265 Å². The third-order valence-electron chi connectivity index (χ3n) is 14.4. The number of nitrogens with one attached hydrogen (secondary N) is 1. The summed E-state index contributed by atoms with van der Waals surface area (Å²) in [6.07, 6.45) is 85.9. The zero-order valence-electron chi connectivity index (χ0n) is 54.4. The van der Waals surface area contributed by atoms with Gasteiger partial charge in [-0.25, -0.2) is 0 Å². The van der Waals surface area contributed by atoms with Crippen molar-refractivity contribution in [2.75, 3.05) is 40.9 Å². The zero-order chi connectivity index (χ0) is 60.7. The smallest absolute Gasteiger partial charge is 0.306 e. The molecule has 0 aliphatic heterocycles. The summed E-state index contributed by atoms with van der Waals surface area (Å²) >= 11 is 0. The molecule has 0 heterocycles. The first kappa shape index (κ1) is 79.4. The lowest BCUT2D eigenvalue weighted by atomic mass is 10.0. The molecule has 0 radical (unpaired) electrons. The summed E-state index contributed by atoms with van der Waals surface area (Å²) in [6.45, 7) is 6.68. The Balaban J connectivity index is 5.27. The van der Waals surface area contributed by atoms with E-state index < -0.39 is 26.6 Å². The van der Waals surface area contributed by atoms with Crippen molar-refractivity contribution in [2.45, 2.75) is 290 Å². The fourth-order valence-corrected chi connectivity index (χ4v) is 9.90. The summed E-state index contributed by atoms with van der Waals surface area (Å²) < 4.78 is 30.4. The monoisotopic (exact) mass is 1170 g/mol. The number of carbonyl (C=O) groups excluding carboxylic acids is 2. The first-order valence-electron chi connectivity index (χ1n) is 33.8. The van der Waals surface area contributed by atoms with Crippen LogP contribution in [0, 0.1) is 0 Å². The Bertz CT molecular complexity index is 1830. The van der Waals surface area contributed by atoms with Gasteiger partial charge in [0.15, 0.2) is 0 Å². The molecule has 1 amide bonds. The Hall–Kier alpha value is -3.59. The molecule has 0 aliphatic carbocycles. The van der Waals surface area contributed by atoms with E-state index in [4.69, 9.17) is 13.8 Å². The summed E-state index contributed by atoms with van der Waals surface area (Å²) in [5.74, 6) is -0.582. The standard InChI is InChI=1S/C73H127N2O7P/c1-7-10-13-16-19-22-25-28-30-32-34-36-37-39-41-43-45-48-51-54-57-60-63-66-73(77)82-71(64-61-58-55-52-49-46-27-24-21-18-15-12-9-3)70(69-81-83(78,79)80-68-67-75(4,5)6)74-72(76)65-62-59-56-53-50-47-44-42-40-38-35-33-31-29-26-23-20-17-14-11-8-2/h10,13,19-20,22-23,28-31,34-36,38-39,41,45,48,61,64,70-71H,7-9,11-12,14-18,21,24-27,32-33,37,40,42-44,46-47,49-60,62-63,65-69H2,1-6H3,(H-,74,76,78,79)/b13-10-,22-19-,23-20-,30-28-,31-29-,36-34-,38-35-,41-39-,48-45-,64-61+. The van der Waals surface area contributed by atoms with Crippen molar-refractivity contribution in [2.24, 2.45) is 0 Å². The molecule has 10 heteroatoms. The maximum atomic E-state index is 13.6. The van der Waals surface area contributed by atoms with E-state index in [9.17, 15) is 19.0 Å². The lowest BCUT2D eigenvalue weighted by molar-refractivity contribution is -0.870. The Morgan fingerprint density at radius 3 is 1.18 bits per heavy atom. The second-order valence-corrected chi connectivity index (χ2v) is 25.0. The van der Waals surface area contributed by atoms with Gasteiger partial charge in [0.2, 0.25) is 5.91 Å². The summed E-state index contributed by atoms with van der Waals surface area (Å²) in [5, 5.41) is 3.03. The van der Waals surface area contributed by atoms with E-state index in [-0.39, 0.29) is 24.9 Å². The fraction of sp³-hybridized carbons (Fsp3) is 0.699. The molecule has 0 saturated carbocycles. The first-order valence-corrected chi connectivity index (χ1v) is 35.3. The molecule has 3 atom stereocenters. The van der Waals surface area contributed by atoms with Crippen molar-refractivity contribution in [3.05, 3.63) is 122 Å². The van der Waals surface area contributed by atoms with Gasteiger partial charge in [0, 0.05) is 12.8 Å². The topological polar surface area (TPSA) is 114 Å². The quantitative estimate of drug-likeness (QED) is 0.0212. The van der Waals surface area contributed by atoms with Crippen LogP contribution in [-0.4, -0.2) is 69.4 Å². The van der Waals surface area contributed by atoms with Crippen LogP contribution in [0.1, 0.15) is 278 Å². The fourth-order valence-electron chi connectivity index (χ4n) is 9.18. The van der Waals surface area contributed by atoms with Gasteiger partial charge in [0.25, 0.3) is 7.82 Å². The Labute approximate surface area is 512 Å². The molecule has 0 bridgehead atoms. The molecule has 83 heavy (non-hydrogen) atoms. The number of phosphoric acid groups is 1. The number of unbranched alkanes of at least 4 members (excludes halogenated alkanes) is 26. The zero-order valence-corrected chi connectivity index (χ0v) is 55.3. The molecule has 476 valence electrons. The van der Waals surface area contributed by atoms with E-state index in [2.05, 4.69) is 135 Å². The normalized spacial score (nSPS) is 14.3. The number of rotatable bonds is 60. The van der Waals surface area contributed by atoms with Crippen molar-refractivity contribution in [3.63, 3.8) is 0 Å². The van der Waals surface area contributed by atoms with Crippen molar-refractivity contribution in [3.8, 4) is 0 Å². The predicted molar refractivity (Wildman–Crippen MR) is 357 cm³/mol. The highest BCUT2D eigenvalue weighted by Crippen LogP contribution is 2.38. The number of hydrogen-bond acceptors (Lipinski definition) is 7. The molecular formula is C73H127N2O7P. The number of esters is 1. The highest BCUT2D eigenvalue weighted by atomic mass is 31.2. The highest BCUT2D eigenvalue weighted by molar-refractivity contribution is 7.45. The number of amides is 1. The van der Waals surface area contributed by atoms with Crippen molar-refractivity contribution in [1.82, 2.24) is 5.32 Å². The van der Waals surface area contributed by atoms with Crippen LogP contribution in [0.25, 0.3) is 0 Å². The minimum absolute atomic E-state index is 0.0345. The van der Waals surface area contributed by atoms with Crippen LogP contribution in [0.4, 0.5) is 0 Å². The van der Waals surface area contributed by atoms with Crippen LogP contribution < -0.4 is 10.2 Å². The molecule has 1 N–H and O–H groups in total. The molecule has 0 aromatic carbocycles. The number of carbonyl (C=O) groups is 2. The van der Waals surface area contributed by atoms with Gasteiger partial charge in [0.05, 0.1) is 33.8 Å². The van der Waals surface area contributed by atoms with E-state index >= 15 is 0 Å². The van der Waals surface area contributed by atoms with E-state index in [1.54, 1.807) is 0 Å². The lowest BCUT2D eigenvalue weighted by Gasteiger charge is -2.30. The Morgan fingerprint density at radius 1 is 0.434 bits per heavy atom. The molecular weight excluding hydrogens is 1050 g/mol. The molecule has 0 rings (SSSR count). The third-order valence-corrected chi connectivity index (χ3v) is 15.3. The van der Waals surface area contributed by atoms with Gasteiger partial charge in [-0.3, -0.25) is 14.2 Å². The average molecular weight is 1180 g/mol. The number of phosphoric ester groups is 1. The molecule has 0 fully saturated rings. The molecule has 0 aliphatic rings. The molecule has 3 unspecified atom stereocenters. The van der Waals surface area contributed by atoms with Gasteiger partial charge in [-0.05, 0) is 122 Å². The van der Waals surface area contributed by atoms with E-state index in [1.165, 1.54) is 109 Å². The van der Waals surface area contributed by atoms with Crippen LogP contribution in [-0.2, 0) is 27.9 Å². The van der Waals surface area contributed by atoms with Gasteiger partial charge >= 0.3 is 5.97 Å².